The topological polar surface area (TPSA) is 93.2 Å². The van der Waals surface area contributed by atoms with E-state index in [2.05, 4.69) is 15.3 Å². The molecule has 1 N–H and O–H groups in total. The number of halogens is 3. The van der Waals surface area contributed by atoms with Crippen molar-refractivity contribution in [2.24, 2.45) is 0 Å². The largest absolute Gasteiger partial charge is 0.491 e. The molecule has 0 aliphatic rings. The fourth-order valence-corrected chi connectivity index (χ4v) is 3.46. The van der Waals surface area contributed by atoms with Crippen LogP contribution in [0.15, 0.2) is 28.7 Å². The Bertz CT molecular complexity index is 1090. The van der Waals surface area contributed by atoms with E-state index in [-0.39, 0.29) is 27.5 Å². The maximum absolute atomic E-state index is 9.33. The highest BCUT2D eigenvalue weighted by Gasteiger charge is 2.18. The van der Waals surface area contributed by atoms with E-state index in [1.54, 1.807) is 6.07 Å². The minimum absolute atomic E-state index is 0.0916. The number of hydrogen-bond donors (Lipinski definition) is 1. The van der Waals surface area contributed by atoms with Gasteiger partial charge in [0.15, 0.2) is 0 Å². The molecule has 0 aliphatic carbocycles. The van der Waals surface area contributed by atoms with Gasteiger partial charge in [-0.25, -0.2) is 0 Å². The van der Waals surface area contributed by atoms with E-state index in [1.807, 2.05) is 32.0 Å². The number of pyridine rings is 1. The average Bonchev–Trinajstić information content (AvgIpc) is 3.12. The van der Waals surface area contributed by atoms with Gasteiger partial charge in [0, 0.05) is 35.1 Å². The number of anilines is 1. The summed E-state index contributed by atoms with van der Waals surface area (Å²) in [7, 11) is 0. The Balaban J connectivity index is 1.49. The van der Waals surface area contributed by atoms with E-state index < -0.39 is 0 Å². The fourth-order valence-electron chi connectivity index (χ4n) is 2.78. The summed E-state index contributed by atoms with van der Waals surface area (Å²) in [5.74, 6) is 1.12. The third kappa shape index (κ3) is 6.25. The van der Waals surface area contributed by atoms with Crippen LogP contribution in [0.3, 0.4) is 0 Å². The third-order valence-electron chi connectivity index (χ3n) is 4.04. The Morgan fingerprint density at radius 3 is 2.48 bits per heavy atom. The van der Waals surface area contributed by atoms with Gasteiger partial charge in [0.1, 0.15) is 18.4 Å². The zero-order valence-corrected chi connectivity index (χ0v) is 19.1. The van der Waals surface area contributed by atoms with E-state index in [0.717, 1.165) is 17.1 Å². The van der Waals surface area contributed by atoms with E-state index in [9.17, 15) is 5.26 Å². The highest BCUT2D eigenvalue weighted by Crippen LogP contribution is 2.37. The average molecular weight is 482 g/mol. The SMILES string of the molecule is Cc1cc(OCCOCCNc2oc(-c3cc(Cl)cc(Cl)c3Cl)nc2C#N)cc(C)n1. The number of nitrogens with zero attached hydrogens (tertiary/aromatic N) is 3. The van der Waals surface area contributed by atoms with Crippen LogP contribution in [-0.2, 0) is 4.74 Å². The maximum Gasteiger partial charge on any atom is 0.232 e. The molecule has 0 saturated carbocycles. The molecule has 0 aliphatic heterocycles. The van der Waals surface area contributed by atoms with Gasteiger partial charge in [-0.3, -0.25) is 4.98 Å². The molecular weight excluding hydrogens is 463 g/mol. The predicted octanol–water partition coefficient (Wildman–Crippen LogP) is 5.69. The lowest BCUT2D eigenvalue weighted by atomic mass is 10.2. The zero-order chi connectivity index (χ0) is 22.4. The molecule has 0 spiro atoms. The minimum atomic E-state index is 0.0916. The van der Waals surface area contributed by atoms with Gasteiger partial charge in [-0.1, -0.05) is 34.8 Å². The summed E-state index contributed by atoms with van der Waals surface area (Å²) in [6.07, 6.45) is 0. The van der Waals surface area contributed by atoms with Crippen LogP contribution in [0.2, 0.25) is 15.1 Å². The van der Waals surface area contributed by atoms with Gasteiger partial charge in [0.2, 0.25) is 17.5 Å². The van der Waals surface area contributed by atoms with E-state index in [4.69, 9.17) is 48.7 Å². The number of nitrogens with one attached hydrogen (secondary N) is 1. The molecule has 0 fully saturated rings. The molecule has 0 radical (unpaired) electrons. The molecule has 0 bridgehead atoms. The molecule has 162 valence electrons. The van der Waals surface area contributed by atoms with Gasteiger partial charge in [0.25, 0.3) is 0 Å². The molecule has 2 aromatic heterocycles. The first-order chi connectivity index (χ1) is 14.9. The maximum atomic E-state index is 9.33. The lowest BCUT2D eigenvalue weighted by Crippen LogP contribution is -2.13. The lowest BCUT2D eigenvalue weighted by molar-refractivity contribution is 0.107. The van der Waals surface area contributed by atoms with Crippen LogP contribution in [0.1, 0.15) is 17.1 Å². The Labute approximate surface area is 194 Å². The number of oxazole rings is 1. The summed E-state index contributed by atoms with van der Waals surface area (Å²) in [6.45, 7) is 5.43. The fraction of sp³-hybridized carbons (Fsp3) is 0.286. The van der Waals surface area contributed by atoms with Gasteiger partial charge in [-0.15, -0.1) is 0 Å². The van der Waals surface area contributed by atoms with Crippen LogP contribution >= 0.6 is 34.8 Å². The van der Waals surface area contributed by atoms with Crippen molar-refractivity contribution in [3.8, 4) is 23.3 Å². The van der Waals surface area contributed by atoms with Crippen LogP contribution < -0.4 is 10.1 Å². The van der Waals surface area contributed by atoms with Gasteiger partial charge in [-0.2, -0.15) is 10.2 Å². The van der Waals surface area contributed by atoms with Crippen molar-refractivity contribution in [1.29, 1.82) is 5.26 Å². The summed E-state index contributed by atoms with van der Waals surface area (Å²) in [4.78, 5) is 8.46. The van der Waals surface area contributed by atoms with Crippen LogP contribution in [0.4, 0.5) is 5.88 Å². The standard InChI is InChI=1S/C21H19Cl3N4O3/c1-12-7-15(8-13(2)27-12)30-6-5-29-4-3-26-21-18(11-25)28-20(31-21)16-9-14(22)10-17(23)19(16)24/h7-10,26H,3-6H2,1-2H3. The summed E-state index contributed by atoms with van der Waals surface area (Å²) in [6, 6.07) is 8.81. The van der Waals surface area contributed by atoms with Crippen molar-refractivity contribution in [1.82, 2.24) is 9.97 Å². The molecule has 0 atom stereocenters. The number of aryl methyl sites for hydroxylation is 2. The van der Waals surface area contributed by atoms with Crippen LogP contribution in [0, 0.1) is 25.2 Å². The van der Waals surface area contributed by atoms with E-state index >= 15 is 0 Å². The molecule has 3 aromatic rings. The smallest absolute Gasteiger partial charge is 0.232 e. The molecule has 31 heavy (non-hydrogen) atoms. The number of nitriles is 1. The van der Waals surface area contributed by atoms with E-state index in [0.29, 0.717) is 37.0 Å². The summed E-state index contributed by atoms with van der Waals surface area (Å²) in [5, 5.41) is 13.2. The lowest BCUT2D eigenvalue weighted by Gasteiger charge is -2.09. The molecule has 0 unspecified atom stereocenters. The number of benzene rings is 1. The first kappa shape index (κ1) is 23.2. The molecule has 0 saturated heterocycles. The summed E-state index contributed by atoms with van der Waals surface area (Å²) < 4.78 is 16.9. The second kappa shape index (κ2) is 10.7. The Morgan fingerprint density at radius 1 is 1.03 bits per heavy atom. The van der Waals surface area contributed by atoms with Crippen LogP contribution in [0.25, 0.3) is 11.5 Å². The van der Waals surface area contributed by atoms with Crippen LogP contribution in [-0.4, -0.2) is 36.3 Å². The van der Waals surface area contributed by atoms with Crippen molar-refractivity contribution in [2.75, 3.05) is 31.7 Å². The van der Waals surface area contributed by atoms with Crippen molar-refractivity contribution < 1.29 is 13.9 Å². The van der Waals surface area contributed by atoms with Crippen molar-refractivity contribution in [2.45, 2.75) is 13.8 Å². The van der Waals surface area contributed by atoms with Crippen molar-refractivity contribution in [3.05, 3.63) is 56.4 Å². The Kier molecular flexibility index (Phi) is 7.99. The van der Waals surface area contributed by atoms with Gasteiger partial charge in [0.05, 0.1) is 28.8 Å². The first-order valence-corrected chi connectivity index (χ1v) is 10.5. The van der Waals surface area contributed by atoms with Crippen LogP contribution in [0.5, 0.6) is 5.75 Å². The number of ether oxygens (including phenoxy) is 2. The van der Waals surface area contributed by atoms with E-state index in [1.165, 1.54) is 6.07 Å². The number of aromatic nitrogens is 2. The molecule has 7 nitrogen and oxygen atoms in total. The minimum Gasteiger partial charge on any atom is -0.491 e. The van der Waals surface area contributed by atoms with Gasteiger partial charge in [-0.05, 0) is 26.0 Å². The quantitative estimate of drug-likeness (QED) is 0.310. The predicted molar refractivity (Wildman–Crippen MR) is 120 cm³/mol. The monoisotopic (exact) mass is 480 g/mol. The molecule has 3 rings (SSSR count). The molecular formula is C21H19Cl3N4O3. The number of hydrogen-bond acceptors (Lipinski definition) is 7. The summed E-state index contributed by atoms with van der Waals surface area (Å²) in [5.41, 5.74) is 2.30. The normalized spacial score (nSPS) is 10.7. The summed E-state index contributed by atoms with van der Waals surface area (Å²) >= 11 is 18.3. The van der Waals surface area contributed by atoms with Crippen molar-refractivity contribution >= 4 is 40.7 Å². The van der Waals surface area contributed by atoms with Gasteiger partial charge >= 0.3 is 0 Å². The Morgan fingerprint density at radius 2 is 1.77 bits per heavy atom. The third-order valence-corrected chi connectivity index (χ3v) is 5.06. The number of rotatable bonds is 9. The molecule has 10 heteroatoms. The second-order valence-corrected chi connectivity index (χ2v) is 7.75. The second-order valence-electron chi connectivity index (χ2n) is 6.53. The highest BCUT2D eigenvalue weighted by atomic mass is 35.5. The molecule has 2 heterocycles. The molecule has 0 amide bonds. The highest BCUT2D eigenvalue weighted by molar-refractivity contribution is 6.44. The first-order valence-electron chi connectivity index (χ1n) is 9.33. The Hall–Kier alpha value is -2.50. The van der Waals surface area contributed by atoms with Crippen molar-refractivity contribution in [3.63, 3.8) is 0 Å². The zero-order valence-electron chi connectivity index (χ0n) is 16.8. The molecule has 1 aromatic carbocycles. The van der Waals surface area contributed by atoms with Gasteiger partial charge < -0.3 is 19.2 Å².